The summed E-state index contributed by atoms with van der Waals surface area (Å²) in [7, 11) is 1.66. The molecule has 0 aliphatic rings. The van der Waals surface area contributed by atoms with Crippen LogP contribution in [0.15, 0.2) is 65.6 Å². The number of benzene rings is 2. The highest BCUT2D eigenvalue weighted by atomic mass is 19.1. The van der Waals surface area contributed by atoms with Gasteiger partial charge in [-0.1, -0.05) is 6.07 Å². The van der Waals surface area contributed by atoms with E-state index in [2.05, 4.69) is 5.32 Å². The molecule has 4 rings (SSSR count). The summed E-state index contributed by atoms with van der Waals surface area (Å²) in [6.07, 6.45) is 1.66. The van der Waals surface area contributed by atoms with Crippen LogP contribution in [0.4, 0.5) is 18.9 Å². The number of aromatic nitrogens is 2. The normalized spacial score (nSPS) is 11.2. The second-order valence-corrected chi connectivity index (χ2v) is 6.77. The fourth-order valence-corrected chi connectivity index (χ4v) is 3.46. The first-order chi connectivity index (χ1) is 14.0. The Morgan fingerprint density at radius 2 is 1.69 bits per heavy atom. The maximum Gasteiger partial charge on any atom is 0.274 e. The van der Waals surface area contributed by atoms with Crippen LogP contribution in [0.1, 0.15) is 11.3 Å². The van der Waals surface area contributed by atoms with Crippen LogP contribution in [0, 0.1) is 17.5 Å². The maximum absolute atomic E-state index is 14.3. The maximum atomic E-state index is 14.3. The summed E-state index contributed by atoms with van der Waals surface area (Å²) >= 11 is 0. The van der Waals surface area contributed by atoms with Gasteiger partial charge in [0.15, 0.2) is 0 Å². The molecule has 1 N–H and O–H groups in total. The van der Waals surface area contributed by atoms with Gasteiger partial charge >= 0.3 is 0 Å². The second-order valence-electron chi connectivity index (χ2n) is 6.77. The van der Waals surface area contributed by atoms with E-state index in [4.69, 9.17) is 0 Å². The first kappa shape index (κ1) is 18.9. The molecular formula is C22H18F3N3O. The molecule has 0 radical (unpaired) electrons. The van der Waals surface area contributed by atoms with Gasteiger partial charge in [-0.25, -0.2) is 13.2 Å². The third-order valence-corrected chi connectivity index (χ3v) is 4.91. The Morgan fingerprint density at radius 3 is 2.45 bits per heavy atom. The number of nitrogens with zero attached hydrogens (tertiary/aromatic N) is 2. The molecule has 0 aliphatic heterocycles. The van der Waals surface area contributed by atoms with Gasteiger partial charge in [0.25, 0.3) is 5.56 Å². The highest BCUT2D eigenvalue weighted by Gasteiger charge is 2.14. The quantitative estimate of drug-likeness (QED) is 0.544. The van der Waals surface area contributed by atoms with Crippen molar-refractivity contribution in [2.45, 2.75) is 13.1 Å². The lowest BCUT2D eigenvalue weighted by atomic mass is 10.2. The largest absolute Gasteiger partial charge is 0.384 e. The predicted molar refractivity (Wildman–Crippen MR) is 107 cm³/mol. The van der Waals surface area contributed by atoms with Gasteiger partial charge in [-0.2, -0.15) is 0 Å². The average Bonchev–Trinajstić information content (AvgIpc) is 3.01. The SMILES string of the molecule is CNc1cccn(Cc2cc3cc(F)ccc3n2Cc2ccc(F)cc2F)c1=O. The van der Waals surface area contributed by atoms with E-state index < -0.39 is 11.6 Å². The lowest BCUT2D eigenvalue weighted by Crippen LogP contribution is -2.23. The van der Waals surface area contributed by atoms with Crippen LogP contribution in [-0.2, 0) is 13.1 Å². The summed E-state index contributed by atoms with van der Waals surface area (Å²) in [6.45, 7) is 0.338. The van der Waals surface area contributed by atoms with Crippen LogP contribution >= 0.6 is 0 Å². The van der Waals surface area contributed by atoms with Gasteiger partial charge in [0.1, 0.15) is 23.1 Å². The average molecular weight is 397 g/mol. The van der Waals surface area contributed by atoms with Crippen molar-refractivity contribution in [2.75, 3.05) is 12.4 Å². The van der Waals surface area contributed by atoms with Crippen LogP contribution < -0.4 is 10.9 Å². The highest BCUT2D eigenvalue weighted by molar-refractivity contribution is 5.81. The first-order valence-corrected chi connectivity index (χ1v) is 9.05. The number of halogens is 3. The zero-order valence-electron chi connectivity index (χ0n) is 15.6. The van der Waals surface area contributed by atoms with Gasteiger partial charge < -0.3 is 14.5 Å². The Morgan fingerprint density at radius 1 is 0.931 bits per heavy atom. The fourth-order valence-electron chi connectivity index (χ4n) is 3.46. The first-order valence-electron chi connectivity index (χ1n) is 9.05. The summed E-state index contributed by atoms with van der Waals surface area (Å²) in [5.41, 5.74) is 1.94. The Labute approximate surface area is 164 Å². The molecule has 29 heavy (non-hydrogen) atoms. The zero-order valence-corrected chi connectivity index (χ0v) is 15.6. The number of hydrogen-bond donors (Lipinski definition) is 1. The molecule has 4 aromatic rings. The number of anilines is 1. The van der Waals surface area contributed by atoms with Gasteiger partial charge in [0, 0.05) is 41.5 Å². The molecule has 0 bridgehead atoms. The van der Waals surface area contributed by atoms with Crippen LogP contribution in [0.3, 0.4) is 0 Å². The highest BCUT2D eigenvalue weighted by Crippen LogP contribution is 2.24. The van der Waals surface area contributed by atoms with E-state index in [1.165, 1.54) is 28.8 Å². The molecule has 2 aromatic heterocycles. The molecule has 7 heteroatoms. The third-order valence-electron chi connectivity index (χ3n) is 4.91. The van der Waals surface area contributed by atoms with Crippen LogP contribution in [0.5, 0.6) is 0 Å². The second kappa shape index (κ2) is 7.50. The van der Waals surface area contributed by atoms with E-state index in [-0.39, 0.29) is 24.5 Å². The van der Waals surface area contributed by atoms with Crippen molar-refractivity contribution in [3.05, 3.63) is 99.9 Å². The monoisotopic (exact) mass is 397 g/mol. The van der Waals surface area contributed by atoms with Crippen LogP contribution in [0.2, 0.25) is 0 Å². The standard InChI is InChI=1S/C22H18F3N3O/c1-26-20-3-2-8-27(22(20)29)13-18-10-15-9-16(23)6-7-21(15)28(18)12-14-4-5-17(24)11-19(14)25/h2-11,26H,12-13H2,1H3. The molecule has 4 nitrogen and oxygen atoms in total. The van der Waals surface area contributed by atoms with Gasteiger partial charge in [-0.3, -0.25) is 4.79 Å². The van der Waals surface area contributed by atoms with Gasteiger partial charge in [-0.15, -0.1) is 0 Å². The molecule has 2 aromatic carbocycles. The van der Waals surface area contributed by atoms with E-state index in [1.807, 2.05) is 4.57 Å². The molecule has 0 fully saturated rings. The summed E-state index contributed by atoms with van der Waals surface area (Å²) in [5.74, 6) is -1.70. The number of pyridine rings is 1. The zero-order chi connectivity index (χ0) is 20.5. The van der Waals surface area contributed by atoms with E-state index in [1.54, 1.807) is 37.5 Å². The predicted octanol–water partition coefficient (Wildman–Crippen LogP) is 4.36. The van der Waals surface area contributed by atoms with Gasteiger partial charge in [0.05, 0.1) is 13.1 Å². The van der Waals surface area contributed by atoms with Crippen molar-refractivity contribution in [2.24, 2.45) is 0 Å². The minimum Gasteiger partial charge on any atom is -0.384 e. The number of rotatable bonds is 5. The number of nitrogens with one attached hydrogen (secondary N) is 1. The van der Waals surface area contributed by atoms with Crippen molar-refractivity contribution < 1.29 is 13.2 Å². The smallest absolute Gasteiger partial charge is 0.274 e. The molecule has 0 saturated heterocycles. The molecule has 0 spiro atoms. The summed E-state index contributed by atoms with van der Waals surface area (Å²) in [6, 6.07) is 13.0. The lowest BCUT2D eigenvalue weighted by Gasteiger charge is -2.14. The number of hydrogen-bond acceptors (Lipinski definition) is 2. The van der Waals surface area contributed by atoms with E-state index in [0.29, 0.717) is 27.8 Å². The molecular weight excluding hydrogens is 379 g/mol. The van der Waals surface area contributed by atoms with Crippen LogP contribution in [-0.4, -0.2) is 16.2 Å². The molecule has 0 aliphatic carbocycles. The molecule has 0 atom stereocenters. The number of fused-ring (bicyclic) bond motifs is 1. The van der Waals surface area contributed by atoms with Crippen molar-refractivity contribution >= 4 is 16.6 Å². The third kappa shape index (κ3) is 3.63. The topological polar surface area (TPSA) is 39.0 Å². The minimum atomic E-state index is -0.658. The lowest BCUT2D eigenvalue weighted by molar-refractivity contribution is 0.564. The Kier molecular flexibility index (Phi) is 4.88. The van der Waals surface area contributed by atoms with Crippen molar-refractivity contribution in [3.8, 4) is 0 Å². The van der Waals surface area contributed by atoms with Crippen molar-refractivity contribution in [3.63, 3.8) is 0 Å². The van der Waals surface area contributed by atoms with Crippen LogP contribution in [0.25, 0.3) is 10.9 Å². The summed E-state index contributed by atoms with van der Waals surface area (Å²) in [4.78, 5) is 12.6. The Balaban J connectivity index is 1.83. The molecule has 0 unspecified atom stereocenters. The van der Waals surface area contributed by atoms with E-state index in [9.17, 15) is 18.0 Å². The van der Waals surface area contributed by atoms with E-state index in [0.717, 1.165) is 6.07 Å². The molecule has 0 amide bonds. The van der Waals surface area contributed by atoms with Crippen molar-refractivity contribution in [1.29, 1.82) is 0 Å². The van der Waals surface area contributed by atoms with Gasteiger partial charge in [0.2, 0.25) is 0 Å². The Bertz CT molecular complexity index is 1260. The molecule has 0 saturated carbocycles. The Hall–Kier alpha value is -3.48. The molecule has 148 valence electrons. The van der Waals surface area contributed by atoms with E-state index >= 15 is 0 Å². The van der Waals surface area contributed by atoms with Gasteiger partial charge in [-0.05, 0) is 42.5 Å². The summed E-state index contributed by atoms with van der Waals surface area (Å²) < 4.78 is 44.6. The minimum absolute atomic E-state index is 0.122. The van der Waals surface area contributed by atoms with Crippen molar-refractivity contribution in [1.82, 2.24) is 9.13 Å². The molecule has 2 heterocycles. The fraction of sp³-hybridized carbons (Fsp3) is 0.136. The summed E-state index contributed by atoms with van der Waals surface area (Å²) in [5, 5.41) is 3.49.